The number of carboxylic acid groups (broad SMARTS) is 1. The summed E-state index contributed by atoms with van der Waals surface area (Å²) in [6.07, 6.45) is 5.93. The van der Waals surface area contributed by atoms with Crippen molar-refractivity contribution in [1.82, 2.24) is 14.9 Å². The van der Waals surface area contributed by atoms with E-state index in [1.54, 1.807) is 6.20 Å². The van der Waals surface area contributed by atoms with E-state index in [9.17, 15) is 4.79 Å². The molecule has 0 spiro atoms. The first-order chi connectivity index (χ1) is 13.5. The number of carboxylic acids is 1. The minimum Gasteiger partial charge on any atom is -0.480 e. The number of rotatable bonds is 9. The number of aromatic nitrogens is 2. The lowest BCUT2D eigenvalue weighted by Crippen LogP contribution is -2.51. The third-order valence-corrected chi connectivity index (χ3v) is 5.72. The van der Waals surface area contributed by atoms with Gasteiger partial charge in [-0.3, -0.25) is 9.69 Å². The van der Waals surface area contributed by atoms with Gasteiger partial charge in [0.05, 0.1) is 18.7 Å². The first-order valence-corrected chi connectivity index (χ1v) is 10.4. The van der Waals surface area contributed by atoms with Gasteiger partial charge in [0.15, 0.2) is 0 Å². The van der Waals surface area contributed by atoms with E-state index in [2.05, 4.69) is 34.4 Å². The van der Waals surface area contributed by atoms with Crippen LogP contribution in [0.1, 0.15) is 46.5 Å². The molecule has 8 nitrogen and oxygen atoms in total. The van der Waals surface area contributed by atoms with E-state index < -0.39 is 5.97 Å². The van der Waals surface area contributed by atoms with Crippen LogP contribution in [0.4, 0.5) is 11.8 Å². The SMILES string of the molecule is CCN(CC(=O)O)C1CC(Nc2nccc(NC3CCCOC3C(C)C)n2)C1. The molecule has 28 heavy (non-hydrogen) atoms. The Balaban J connectivity index is 1.52. The lowest BCUT2D eigenvalue weighted by Gasteiger charge is -2.42. The van der Waals surface area contributed by atoms with Gasteiger partial charge in [-0.25, -0.2) is 4.98 Å². The Labute approximate surface area is 167 Å². The van der Waals surface area contributed by atoms with Crippen molar-refractivity contribution in [3.8, 4) is 0 Å². The van der Waals surface area contributed by atoms with Crippen LogP contribution in [-0.4, -0.2) is 69.9 Å². The van der Waals surface area contributed by atoms with Gasteiger partial charge in [-0.2, -0.15) is 4.98 Å². The third kappa shape index (κ3) is 5.32. The van der Waals surface area contributed by atoms with Crippen molar-refractivity contribution in [3.63, 3.8) is 0 Å². The second-order valence-corrected chi connectivity index (χ2v) is 8.16. The van der Waals surface area contributed by atoms with Gasteiger partial charge in [0.25, 0.3) is 0 Å². The van der Waals surface area contributed by atoms with Crippen LogP contribution < -0.4 is 10.6 Å². The van der Waals surface area contributed by atoms with E-state index in [1.807, 2.05) is 17.9 Å². The van der Waals surface area contributed by atoms with E-state index in [4.69, 9.17) is 9.84 Å². The molecule has 1 aliphatic heterocycles. The largest absolute Gasteiger partial charge is 0.480 e. The number of aliphatic carboxylic acids is 1. The maximum Gasteiger partial charge on any atom is 0.317 e. The first kappa shape index (κ1) is 20.8. The number of nitrogens with zero attached hydrogens (tertiary/aromatic N) is 3. The Morgan fingerprint density at radius 2 is 2.18 bits per heavy atom. The average molecular weight is 392 g/mol. The molecular weight excluding hydrogens is 358 g/mol. The van der Waals surface area contributed by atoms with Crippen LogP contribution in [0.15, 0.2) is 12.3 Å². The molecule has 0 radical (unpaired) electrons. The molecule has 0 bridgehead atoms. The molecule has 0 amide bonds. The maximum absolute atomic E-state index is 11.0. The number of carbonyl (C=O) groups is 1. The van der Waals surface area contributed by atoms with Crippen LogP contribution >= 0.6 is 0 Å². The van der Waals surface area contributed by atoms with E-state index >= 15 is 0 Å². The van der Waals surface area contributed by atoms with Crippen molar-refractivity contribution in [1.29, 1.82) is 0 Å². The number of nitrogens with one attached hydrogen (secondary N) is 2. The van der Waals surface area contributed by atoms with Crippen LogP contribution in [0.3, 0.4) is 0 Å². The van der Waals surface area contributed by atoms with Gasteiger partial charge in [-0.05, 0) is 44.2 Å². The van der Waals surface area contributed by atoms with Crippen molar-refractivity contribution < 1.29 is 14.6 Å². The Morgan fingerprint density at radius 3 is 2.86 bits per heavy atom. The van der Waals surface area contributed by atoms with Gasteiger partial charge in [0.2, 0.25) is 5.95 Å². The Bertz CT molecular complexity index is 650. The quantitative estimate of drug-likeness (QED) is 0.590. The predicted octanol–water partition coefficient (Wildman–Crippen LogP) is 2.44. The summed E-state index contributed by atoms with van der Waals surface area (Å²) in [5, 5.41) is 15.9. The highest BCUT2D eigenvalue weighted by Gasteiger charge is 2.34. The smallest absolute Gasteiger partial charge is 0.317 e. The van der Waals surface area contributed by atoms with Crippen LogP contribution in [0, 0.1) is 5.92 Å². The van der Waals surface area contributed by atoms with Gasteiger partial charge < -0.3 is 20.5 Å². The molecule has 8 heteroatoms. The Hall–Kier alpha value is -1.93. The number of hydrogen-bond donors (Lipinski definition) is 3. The molecule has 2 aliphatic rings. The zero-order valence-corrected chi connectivity index (χ0v) is 17.1. The lowest BCUT2D eigenvalue weighted by molar-refractivity contribution is -0.139. The van der Waals surface area contributed by atoms with Crippen molar-refractivity contribution in [2.75, 3.05) is 30.3 Å². The average Bonchev–Trinajstić information content (AvgIpc) is 2.63. The molecular formula is C20H33N5O3. The lowest BCUT2D eigenvalue weighted by atomic mass is 9.85. The molecule has 2 atom stereocenters. The molecule has 1 aromatic heterocycles. The molecule has 2 heterocycles. The van der Waals surface area contributed by atoms with Gasteiger partial charge in [-0.15, -0.1) is 0 Å². The topological polar surface area (TPSA) is 99.6 Å². The summed E-state index contributed by atoms with van der Waals surface area (Å²) in [6.45, 7) is 8.06. The van der Waals surface area contributed by atoms with Gasteiger partial charge in [-0.1, -0.05) is 20.8 Å². The monoisotopic (exact) mass is 391 g/mol. The zero-order valence-electron chi connectivity index (χ0n) is 17.1. The molecule has 156 valence electrons. The highest BCUT2D eigenvalue weighted by Crippen LogP contribution is 2.28. The maximum atomic E-state index is 11.0. The van der Waals surface area contributed by atoms with E-state index in [-0.39, 0.29) is 24.7 Å². The molecule has 1 aromatic rings. The molecule has 0 aromatic carbocycles. The number of anilines is 2. The molecule has 2 unspecified atom stereocenters. The summed E-state index contributed by atoms with van der Waals surface area (Å²) >= 11 is 0. The molecule has 2 fully saturated rings. The van der Waals surface area contributed by atoms with Crippen LogP contribution in [0.25, 0.3) is 0 Å². The van der Waals surface area contributed by atoms with Crippen molar-refractivity contribution >= 4 is 17.7 Å². The third-order valence-electron chi connectivity index (χ3n) is 5.72. The van der Waals surface area contributed by atoms with Gasteiger partial charge in [0, 0.05) is 24.9 Å². The number of hydrogen-bond acceptors (Lipinski definition) is 7. The number of likely N-dealkylation sites (N-methyl/N-ethyl adjacent to an activating group) is 1. The highest BCUT2D eigenvalue weighted by molar-refractivity contribution is 5.69. The van der Waals surface area contributed by atoms with Gasteiger partial charge >= 0.3 is 5.97 Å². The second kappa shape index (κ2) is 9.52. The van der Waals surface area contributed by atoms with Crippen molar-refractivity contribution in [3.05, 3.63) is 12.3 Å². The summed E-state index contributed by atoms with van der Waals surface area (Å²) in [7, 11) is 0. The Morgan fingerprint density at radius 1 is 1.39 bits per heavy atom. The fraction of sp³-hybridized carbons (Fsp3) is 0.750. The minimum atomic E-state index is -0.772. The second-order valence-electron chi connectivity index (χ2n) is 8.16. The van der Waals surface area contributed by atoms with E-state index in [0.717, 1.165) is 44.7 Å². The molecule has 3 rings (SSSR count). The first-order valence-electron chi connectivity index (χ1n) is 10.4. The summed E-state index contributed by atoms with van der Waals surface area (Å²) in [5.74, 6) is 1.12. The standard InChI is InChI=1S/C20H33N5O3/c1-4-25(12-18(26)27)15-10-14(11-15)22-20-21-8-7-17(24-20)23-16-6-5-9-28-19(16)13(2)3/h7-8,13-16,19H,4-6,9-12H2,1-3H3,(H,26,27)(H2,21,22,23,24). The molecule has 1 saturated heterocycles. The molecule has 3 N–H and O–H groups in total. The van der Waals surface area contributed by atoms with Crippen LogP contribution in [-0.2, 0) is 9.53 Å². The number of ether oxygens (including phenoxy) is 1. The summed E-state index contributed by atoms with van der Waals surface area (Å²) in [6, 6.07) is 2.75. The molecule has 1 aliphatic carbocycles. The highest BCUT2D eigenvalue weighted by atomic mass is 16.5. The van der Waals surface area contributed by atoms with Crippen LogP contribution in [0.5, 0.6) is 0 Å². The van der Waals surface area contributed by atoms with E-state index in [1.165, 1.54) is 0 Å². The van der Waals surface area contributed by atoms with E-state index in [0.29, 0.717) is 17.9 Å². The molecule has 1 saturated carbocycles. The minimum absolute atomic E-state index is 0.101. The van der Waals surface area contributed by atoms with Crippen LogP contribution in [0.2, 0.25) is 0 Å². The van der Waals surface area contributed by atoms with Crippen molar-refractivity contribution in [2.45, 2.75) is 70.7 Å². The Kier molecular flexibility index (Phi) is 7.07. The fourth-order valence-electron chi connectivity index (χ4n) is 4.17. The van der Waals surface area contributed by atoms with Crippen molar-refractivity contribution in [2.24, 2.45) is 5.92 Å². The zero-order chi connectivity index (χ0) is 20.1. The van der Waals surface area contributed by atoms with Gasteiger partial charge in [0.1, 0.15) is 5.82 Å². The summed E-state index contributed by atoms with van der Waals surface area (Å²) in [5.41, 5.74) is 0. The fourth-order valence-corrected chi connectivity index (χ4v) is 4.17. The summed E-state index contributed by atoms with van der Waals surface area (Å²) in [4.78, 5) is 21.9. The summed E-state index contributed by atoms with van der Waals surface area (Å²) < 4.78 is 5.95. The predicted molar refractivity (Wildman–Crippen MR) is 109 cm³/mol. The normalized spacial score (nSPS) is 27.5.